The number of carbonyl (C=O) groups excluding carboxylic acids is 1. The topological polar surface area (TPSA) is 43.3 Å². The number of aromatic nitrogens is 1. The third-order valence-corrected chi connectivity index (χ3v) is 3.77. The van der Waals surface area contributed by atoms with Crippen molar-refractivity contribution in [3.05, 3.63) is 52.8 Å². The Bertz CT molecular complexity index is 644. The van der Waals surface area contributed by atoms with Crippen molar-refractivity contribution >= 4 is 11.7 Å². The van der Waals surface area contributed by atoms with E-state index in [2.05, 4.69) is 36.8 Å². The van der Waals surface area contributed by atoms with Gasteiger partial charge in [-0.2, -0.15) is 0 Å². The fourth-order valence-corrected chi connectivity index (χ4v) is 2.33. The summed E-state index contributed by atoms with van der Waals surface area (Å²) in [6, 6.07) is 9.60. The molecule has 1 aromatic heterocycles. The first kappa shape index (κ1) is 15.2. The number of para-hydroxylation sites is 1. The van der Waals surface area contributed by atoms with Crippen LogP contribution < -0.4 is 5.32 Å². The Morgan fingerprint density at radius 2 is 2.00 bits per heavy atom. The van der Waals surface area contributed by atoms with Gasteiger partial charge in [-0.25, -0.2) is 4.79 Å². The van der Waals surface area contributed by atoms with Crippen LogP contribution in [0.4, 0.5) is 5.69 Å². The number of carbonyl (C=O) groups is 1. The summed E-state index contributed by atoms with van der Waals surface area (Å²) in [4.78, 5) is 11.9. The number of hydrogen-bond acceptors (Lipinski definition) is 3. The van der Waals surface area contributed by atoms with E-state index in [1.165, 1.54) is 17.0 Å². The van der Waals surface area contributed by atoms with Crippen LogP contribution >= 0.6 is 0 Å². The molecule has 4 nitrogen and oxygen atoms in total. The van der Waals surface area contributed by atoms with E-state index in [-0.39, 0.29) is 5.97 Å². The first-order chi connectivity index (χ1) is 10.0. The first-order valence-corrected chi connectivity index (χ1v) is 7.16. The maximum atomic E-state index is 11.9. The van der Waals surface area contributed by atoms with Gasteiger partial charge in [0, 0.05) is 30.7 Å². The quantitative estimate of drug-likeness (QED) is 0.856. The van der Waals surface area contributed by atoms with E-state index in [9.17, 15) is 4.79 Å². The van der Waals surface area contributed by atoms with Crippen molar-refractivity contribution < 1.29 is 9.53 Å². The van der Waals surface area contributed by atoms with Crippen molar-refractivity contribution in [2.45, 2.75) is 27.3 Å². The number of nitrogens with zero attached hydrogens (tertiary/aromatic N) is 1. The Morgan fingerprint density at radius 1 is 1.29 bits per heavy atom. The molecule has 0 bridgehead atoms. The summed E-state index contributed by atoms with van der Waals surface area (Å²) in [5.74, 6) is -0.290. The number of aryl methyl sites for hydroxylation is 1. The second-order valence-corrected chi connectivity index (χ2v) is 5.07. The van der Waals surface area contributed by atoms with E-state index in [0.29, 0.717) is 18.7 Å². The van der Waals surface area contributed by atoms with Crippen molar-refractivity contribution in [3.63, 3.8) is 0 Å². The monoisotopic (exact) mass is 286 g/mol. The maximum Gasteiger partial charge on any atom is 0.340 e. The van der Waals surface area contributed by atoms with Crippen LogP contribution in [-0.2, 0) is 18.3 Å². The molecular formula is C17H22N2O2. The first-order valence-electron chi connectivity index (χ1n) is 7.16. The Kier molecular flexibility index (Phi) is 4.68. The summed E-state index contributed by atoms with van der Waals surface area (Å²) in [7, 11) is 2.06. The maximum absolute atomic E-state index is 11.9. The standard InChI is InChI=1S/C17H22N2O2/c1-5-21-17(20)15-8-6-7-9-16(15)18-11-14-10-12(2)19(4)13(14)3/h6-10,18H,5,11H2,1-4H3. The molecule has 0 aliphatic rings. The molecule has 0 unspecified atom stereocenters. The molecule has 0 radical (unpaired) electrons. The van der Waals surface area contributed by atoms with E-state index >= 15 is 0 Å². The van der Waals surface area contributed by atoms with Gasteiger partial charge in [0.1, 0.15) is 0 Å². The molecule has 1 aromatic carbocycles. The van der Waals surface area contributed by atoms with Crippen molar-refractivity contribution in [1.29, 1.82) is 0 Å². The molecule has 1 N–H and O–H groups in total. The van der Waals surface area contributed by atoms with E-state index in [1.807, 2.05) is 25.1 Å². The summed E-state index contributed by atoms with van der Waals surface area (Å²) in [6.07, 6.45) is 0. The summed E-state index contributed by atoms with van der Waals surface area (Å²) in [6.45, 7) is 7.06. The molecule has 0 aliphatic heterocycles. The highest BCUT2D eigenvalue weighted by Gasteiger charge is 2.12. The van der Waals surface area contributed by atoms with E-state index < -0.39 is 0 Å². The van der Waals surface area contributed by atoms with Crippen LogP contribution in [0.3, 0.4) is 0 Å². The number of esters is 1. The molecule has 2 aromatic rings. The number of benzene rings is 1. The SMILES string of the molecule is CCOC(=O)c1ccccc1NCc1cc(C)n(C)c1C. The van der Waals surface area contributed by atoms with Gasteiger partial charge in [-0.3, -0.25) is 0 Å². The van der Waals surface area contributed by atoms with Gasteiger partial charge < -0.3 is 14.6 Å². The zero-order valence-corrected chi connectivity index (χ0v) is 13.1. The number of ether oxygens (including phenoxy) is 1. The molecule has 0 saturated carbocycles. The molecule has 0 spiro atoms. The molecule has 0 saturated heterocycles. The third kappa shape index (κ3) is 3.27. The van der Waals surface area contributed by atoms with Gasteiger partial charge in [0.05, 0.1) is 12.2 Å². The number of nitrogens with one attached hydrogen (secondary N) is 1. The Morgan fingerprint density at radius 3 is 2.62 bits per heavy atom. The van der Waals surface area contributed by atoms with Crippen molar-refractivity contribution in [2.24, 2.45) is 7.05 Å². The molecule has 0 atom stereocenters. The summed E-state index contributed by atoms with van der Waals surface area (Å²) in [5.41, 5.74) is 5.06. The molecule has 1 heterocycles. The number of rotatable bonds is 5. The van der Waals surface area contributed by atoms with Crippen LogP contribution in [0.15, 0.2) is 30.3 Å². The minimum atomic E-state index is -0.290. The fraction of sp³-hybridized carbons (Fsp3) is 0.353. The van der Waals surface area contributed by atoms with Crippen LogP contribution in [0.5, 0.6) is 0 Å². The van der Waals surface area contributed by atoms with Crippen LogP contribution in [0, 0.1) is 13.8 Å². The van der Waals surface area contributed by atoms with Crippen molar-refractivity contribution in [2.75, 3.05) is 11.9 Å². The molecule has 0 fully saturated rings. The molecule has 4 heteroatoms. The summed E-state index contributed by atoms with van der Waals surface area (Å²) in [5, 5.41) is 3.34. The molecule has 21 heavy (non-hydrogen) atoms. The van der Waals surface area contributed by atoms with Gasteiger partial charge in [-0.1, -0.05) is 12.1 Å². The van der Waals surface area contributed by atoms with E-state index in [0.717, 1.165) is 5.69 Å². The minimum Gasteiger partial charge on any atom is -0.462 e. The Balaban J connectivity index is 2.16. The average molecular weight is 286 g/mol. The van der Waals surface area contributed by atoms with E-state index in [4.69, 9.17) is 4.74 Å². The van der Waals surface area contributed by atoms with Gasteiger partial charge >= 0.3 is 5.97 Å². The average Bonchev–Trinajstić information content (AvgIpc) is 2.73. The lowest BCUT2D eigenvalue weighted by Crippen LogP contribution is -2.10. The smallest absolute Gasteiger partial charge is 0.340 e. The predicted octanol–water partition coefficient (Wildman–Crippen LogP) is 3.43. The molecule has 2 rings (SSSR count). The number of hydrogen-bond donors (Lipinski definition) is 1. The summed E-state index contributed by atoms with van der Waals surface area (Å²) < 4.78 is 7.25. The molecular weight excluding hydrogens is 264 g/mol. The second kappa shape index (κ2) is 6.48. The predicted molar refractivity (Wildman–Crippen MR) is 84.6 cm³/mol. The van der Waals surface area contributed by atoms with Crippen LogP contribution in [-0.4, -0.2) is 17.1 Å². The van der Waals surface area contributed by atoms with Gasteiger partial charge in [0.2, 0.25) is 0 Å². The number of anilines is 1. The Hall–Kier alpha value is -2.23. The molecule has 112 valence electrons. The second-order valence-electron chi connectivity index (χ2n) is 5.07. The normalized spacial score (nSPS) is 10.5. The van der Waals surface area contributed by atoms with Gasteiger partial charge in [-0.15, -0.1) is 0 Å². The van der Waals surface area contributed by atoms with Crippen molar-refractivity contribution in [1.82, 2.24) is 4.57 Å². The van der Waals surface area contributed by atoms with Crippen LogP contribution in [0.2, 0.25) is 0 Å². The molecule has 0 amide bonds. The van der Waals surface area contributed by atoms with Crippen LogP contribution in [0.1, 0.15) is 34.2 Å². The fourth-order valence-electron chi connectivity index (χ4n) is 2.33. The molecule has 0 aliphatic carbocycles. The lowest BCUT2D eigenvalue weighted by Gasteiger charge is -2.11. The zero-order valence-electron chi connectivity index (χ0n) is 13.1. The van der Waals surface area contributed by atoms with E-state index in [1.54, 1.807) is 6.07 Å². The lowest BCUT2D eigenvalue weighted by atomic mass is 10.1. The van der Waals surface area contributed by atoms with Gasteiger partial charge in [-0.05, 0) is 44.5 Å². The highest BCUT2D eigenvalue weighted by atomic mass is 16.5. The van der Waals surface area contributed by atoms with Crippen LogP contribution in [0.25, 0.3) is 0 Å². The van der Waals surface area contributed by atoms with Crippen molar-refractivity contribution in [3.8, 4) is 0 Å². The van der Waals surface area contributed by atoms with Gasteiger partial charge in [0.25, 0.3) is 0 Å². The minimum absolute atomic E-state index is 0.290. The zero-order chi connectivity index (χ0) is 15.4. The Labute approximate surface area is 125 Å². The van der Waals surface area contributed by atoms with Gasteiger partial charge in [0.15, 0.2) is 0 Å². The highest BCUT2D eigenvalue weighted by Crippen LogP contribution is 2.19. The third-order valence-electron chi connectivity index (χ3n) is 3.77. The largest absolute Gasteiger partial charge is 0.462 e. The lowest BCUT2D eigenvalue weighted by molar-refractivity contribution is 0.0527. The highest BCUT2D eigenvalue weighted by molar-refractivity contribution is 5.95. The summed E-state index contributed by atoms with van der Waals surface area (Å²) >= 11 is 0.